The minimum Gasteiger partial charge on any atom is -0.342 e. The summed E-state index contributed by atoms with van der Waals surface area (Å²) in [6, 6.07) is 6.20. The molecule has 2 atom stereocenters. The first-order chi connectivity index (χ1) is 8.10. The number of nitrogens with one attached hydrogen (secondary N) is 1. The molecule has 2 aromatic rings. The van der Waals surface area contributed by atoms with Crippen LogP contribution in [0.2, 0.25) is 0 Å². The van der Waals surface area contributed by atoms with Gasteiger partial charge < -0.3 is 16.5 Å². The second-order valence-electron chi connectivity index (χ2n) is 4.78. The lowest BCUT2D eigenvalue weighted by Gasteiger charge is -2.16. The highest BCUT2D eigenvalue weighted by molar-refractivity contribution is 5.75. The predicted octanol–water partition coefficient (Wildman–Crippen LogP) is 1.86. The molecular weight excluding hydrogens is 212 g/mol. The molecule has 0 amide bonds. The summed E-state index contributed by atoms with van der Waals surface area (Å²) in [6.45, 7) is 4.76. The van der Waals surface area contributed by atoms with Crippen LogP contribution < -0.4 is 11.5 Å². The van der Waals surface area contributed by atoms with E-state index >= 15 is 0 Å². The van der Waals surface area contributed by atoms with Crippen LogP contribution >= 0.6 is 0 Å². The minimum atomic E-state index is 0.0431. The highest BCUT2D eigenvalue weighted by Gasteiger charge is 2.11. The molecule has 0 radical (unpaired) electrons. The van der Waals surface area contributed by atoms with E-state index in [1.165, 1.54) is 0 Å². The van der Waals surface area contributed by atoms with Gasteiger partial charge in [-0.2, -0.15) is 0 Å². The van der Waals surface area contributed by atoms with Gasteiger partial charge in [0.25, 0.3) is 0 Å². The third kappa shape index (κ3) is 2.65. The highest BCUT2D eigenvalue weighted by atomic mass is 14.9. The van der Waals surface area contributed by atoms with Gasteiger partial charge in [-0.05, 0) is 43.5 Å². The monoisotopic (exact) mass is 232 g/mol. The molecule has 0 fully saturated rings. The summed E-state index contributed by atoms with van der Waals surface area (Å²) in [6.07, 6.45) is 0.912. The van der Waals surface area contributed by atoms with Crippen LogP contribution in [0, 0.1) is 12.8 Å². The molecule has 1 heterocycles. The molecule has 0 spiro atoms. The van der Waals surface area contributed by atoms with Crippen molar-refractivity contribution in [3.8, 4) is 0 Å². The van der Waals surface area contributed by atoms with Crippen molar-refractivity contribution in [3.63, 3.8) is 0 Å². The number of nitrogens with two attached hydrogens (primary N) is 2. The number of imidazole rings is 1. The van der Waals surface area contributed by atoms with E-state index in [4.69, 9.17) is 11.5 Å². The normalized spacial score (nSPS) is 15.1. The highest BCUT2D eigenvalue weighted by Crippen LogP contribution is 2.22. The third-order valence-electron chi connectivity index (χ3n) is 3.11. The molecule has 92 valence electrons. The number of hydrogen-bond donors (Lipinski definition) is 3. The first-order valence-corrected chi connectivity index (χ1v) is 6.02. The van der Waals surface area contributed by atoms with Gasteiger partial charge in [-0.25, -0.2) is 4.98 Å². The molecule has 0 aliphatic rings. The molecule has 1 aromatic carbocycles. The summed E-state index contributed by atoms with van der Waals surface area (Å²) in [5, 5.41) is 0. The van der Waals surface area contributed by atoms with Crippen molar-refractivity contribution < 1.29 is 0 Å². The first-order valence-electron chi connectivity index (χ1n) is 6.02. The van der Waals surface area contributed by atoms with Crippen molar-refractivity contribution in [2.45, 2.75) is 26.3 Å². The number of rotatable bonds is 4. The van der Waals surface area contributed by atoms with E-state index in [1.54, 1.807) is 0 Å². The maximum atomic E-state index is 6.18. The molecule has 0 saturated carbocycles. The molecule has 0 saturated heterocycles. The molecular formula is C13H20N4. The molecule has 5 N–H and O–H groups in total. The largest absolute Gasteiger partial charge is 0.342 e. The Bertz CT molecular complexity index is 503. The number of nitrogens with zero attached hydrogens (tertiary/aromatic N) is 1. The lowest BCUT2D eigenvalue weighted by atomic mass is 9.96. The summed E-state index contributed by atoms with van der Waals surface area (Å²) < 4.78 is 0. The van der Waals surface area contributed by atoms with Crippen LogP contribution in [0.1, 0.15) is 30.8 Å². The molecule has 0 aliphatic heterocycles. The Morgan fingerprint density at radius 3 is 2.88 bits per heavy atom. The van der Waals surface area contributed by atoms with Crippen LogP contribution in [0.3, 0.4) is 0 Å². The summed E-state index contributed by atoms with van der Waals surface area (Å²) in [7, 11) is 0. The van der Waals surface area contributed by atoms with Crippen molar-refractivity contribution in [2.75, 3.05) is 6.54 Å². The molecule has 4 nitrogen and oxygen atoms in total. The standard InChI is InChI=1S/C13H20N4/c1-8(7-14)5-11(15)10-3-4-12-13(6-10)17-9(2)16-12/h3-4,6,8,11H,5,7,14-15H2,1-2H3,(H,16,17). The summed E-state index contributed by atoms with van der Waals surface area (Å²) in [5.74, 6) is 1.38. The zero-order valence-corrected chi connectivity index (χ0v) is 10.4. The van der Waals surface area contributed by atoms with E-state index in [9.17, 15) is 0 Å². The van der Waals surface area contributed by atoms with Gasteiger partial charge in [-0.15, -0.1) is 0 Å². The quantitative estimate of drug-likeness (QED) is 0.752. The molecule has 17 heavy (non-hydrogen) atoms. The fourth-order valence-corrected chi connectivity index (χ4v) is 2.05. The Kier molecular flexibility index (Phi) is 3.45. The number of fused-ring (bicyclic) bond motifs is 1. The fourth-order valence-electron chi connectivity index (χ4n) is 2.05. The molecule has 2 rings (SSSR count). The molecule has 2 unspecified atom stereocenters. The van der Waals surface area contributed by atoms with Gasteiger partial charge in [-0.1, -0.05) is 13.0 Å². The number of aromatic nitrogens is 2. The fraction of sp³-hybridized carbons (Fsp3) is 0.462. The van der Waals surface area contributed by atoms with E-state index in [-0.39, 0.29) is 6.04 Å². The Morgan fingerprint density at radius 1 is 1.41 bits per heavy atom. The van der Waals surface area contributed by atoms with E-state index in [0.717, 1.165) is 28.8 Å². The maximum Gasteiger partial charge on any atom is 0.104 e. The van der Waals surface area contributed by atoms with Crippen LogP contribution in [-0.2, 0) is 0 Å². The summed E-state index contributed by atoms with van der Waals surface area (Å²) >= 11 is 0. The topological polar surface area (TPSA) is 80.7 Å². The van der Waals surface area contributed by atoms with Gasteiger partial charge in [-0.3, -0.25) is 0 Å². The van der Waals surface area contributed by atoms with Gasteiger partial charge in [0.2, 0.25) is 0 Å². The molecule has 0 bridgehead atoms. The number of aryl methyl sites for hydroxylation is 1. The van der Waals surface area contributed by atoms with Gasteiger partial charge in [0.1, 0.15) is 5.82 Å². The molecule has 1 aromatic heterocycles. The van der Waals surface area contributed by atoms with Crippen LogP contribution in [0.15, 0.2) is 18.2 Å². The van der Waals surface area contributed by atoms with Crippen molar-refractivity contribution >= 4 is 11.0 Å². The molecule has 4 heteroatoms. The number of benzene rings is 1. The Morgan fingerprint density at radius 2 is 2.18 bits per heavy atom. The maximum absolute atomic E-state index is 6.18. The first kappa shape index (κ1) is 12.1. The van der Waals surface area contributed by atoms with Gasteiger partial charge in [0.05, 0.1) is 11.0 Å². The van der Waals surface area contributed by atoms with E-state index in [1.807, 2.05) is 13.0 Å². The van der Waals surface area contributed by atoms with Crippen molar-refractivity contribution in [2.24, 2.45) is 17.4 Å². The van der Waals surface area contributed by atoms with Gasteiger partial charge in [0, 0.05) is 6.04 Å². The predicted molar refractivity (Wildman–Crippen MR) is 70.6 cm³/mol. The van der Waals surface area contributed by atoms with E-state index in [2.05, 4.69) is 29.0 Å². The number of H-pyrrole nitrogens is 1. The van der Waals surface area contributed by atoms with Crippen LogP contribution in [0.5, 0.6) is 0 Å². The summed E-state index contributed by atoms with van der Waals surface area (Å²) in [5.41, 5.74) is 15.0. The third-order valence-corrected chi connectivity index (χ3v) is 3.11. The molecule has 0 aliphatic carbocycles. The minimum absolute atomic E-state index is 0.0431. The average molecular weight is 232 g/mol. The van der Waals surface area contributed by atoms with E-state index in [0.29, 0.717) is 12.5 Å². The van der Waals surface area contributed by atoms with Crippen LogP contribution in [0.25, 0.3) is 11.0 Å². The van der Waals surface area contributed by atoms with Crippen molar-refractivity contribution in [1.82, 2.24) is 9.97 Å². The van der Waals surface area contributed by atoms with E-state index < -0.39 is 0 Å². The smallest absolute Gasteiger partial charge is 0.104 e. The zero-order chi connectivity index (χ0) is 12.4. The Labute approximate surface area is 101 Å². The SMILES string of the molecule is Cc1nc2ccc(C(N)CC(C)CN)cc2[nH]1. The second kappa shape index (κ2) is 4.85. The number of hydrogen-bond acceptors (Lipinski definition) is 3. The zero-order valence-electron chi connectivity index (χ0n) is 10.4. The number of aromatic amines is 1. The average Bonchev–Trinajstić information content (AvgIpc) is 2.67. The van der Waals surface area contributed by atoms with Crippen LogP contribution in [0.4, 0.5) is 0 Å². The van der Waals surface area contributed by atoms with Gasteiger partial charge in [0.15, 0.2) is 0 Å². The lowest BCUT2D eigenvalue weighted by Crippen LogP contribution is -2.19. The lowest BCUT2D eigenvalue weighted by molar-refractivity contribution is 0.482. The van der Waals surface area contributed by atoms with Crippen molar-refractivity contribution in [1.29, 1.82) is 0 Å². The Hall–Kier alpha value is -1.39. The second-order valence-corrected chi connectivity index (χ2v) is 4.78. The van der Waals surface area contributed by atoms with Crippen molar-refractivity contribution in [3.05, 3.63) is 29.6 Å². The van der Waals surface area contributed by atoms with Gasteiger partial charge >= 0.3 is 0 Å². The van der Waals surface area contributed by atoms with Crippen LogP contribution in [-0.4, -0.2) is 16.5 Å². The summed E-state index contributed by atoms with van der Waals surface area (Å²) in [4.78, 5) is 7.60. The Balaban J connectivity index is 2.23.